The number of methoxy groups -OCH3 is 1. The van der Waals surface area contributed by atoms with Gasteiger partial charge in [0, 0.05) is 31.6 Å². The van der Waals surface area contributed by atoms with Gasteiger partial charge in [0.1, 0.15) is 0 Å². The number of aromatic nitrogens is 1. The maximum atomic E-state index is 11.1. The smallest absolute Gasteiger partial charge is 0.305 e. The minimum Gasteiger partial charge on any atom is -0.469 e. The number of carbonyl (C=O) groups excluding carboxylic acids is 1. The standard InChI is InChI=1S/C20H30N2O4/c1-16-25-15-17(9-5-3-4-6-11-20(23)24-2)19(26-16)14-21-13-18-10-7-8-12-22-18/h3,5,7-8,10,12,16-17,19,21H,4,6,9,11,13-15H2,1-2H3/t16-,17+,19+/m1/s1. The van der Waals surface area contributed by atoms with Crippen LogP contribution in [0, 0.1) is 5.92 Å². The molecule has 2 heterocycles. The molecule has 26 heavy (non-hydrogen) atoms. The molecule has 0 amide bonds. The Bertz CT molecular complexity index is 550. The summed E-state index contributed by atoms with van der Waals surface area (Å²) in [4.78, 5) is 15.4. The molecule has 0 spiro atoms. The third-order valence-electron chi connectivity index (χ3n) is 4.40. The zero-order valence-corrected chi connectivity index (χ0v) is 15.7. The molecule has 1 aromatic heterocycles. The normalized spacial score (nSPS) is 23.2. The Morgan fingerprint density at radius 1 is 1.42 bits per heavy atom. The number of esters is 1. The Morgan fingerprint density at radius 2 is 2.31 bits per heavy atom. The zero-order chi connectivity index (χ0) is 18.6. The third-order valence-corrected chi connectivity index (χ3v) is 4.40. The second kappa shape index (κ2) is 11.8. The van der Waals surface area contributed by atoms with Crippen molar-refractivity contribution in [3.63, 3.8) is 0 Å². The fraction of sp³-hybridized carbons (Fsp3) is 0.600. The highest BCUT2D eigenvalue weighted by molar-refractivity contribution is 5.69. The van der Waals surface area contributed by atoms with Crippen LogP contribution in [0.2, 0.25) is 0 Å². The van der Waals surface area contributed by atoms with E-state index in [2.05, 4.69) is 27.2 Å². The molecule has 0 bridgehead atoms. The maximum absolute atomic E-state index is 11.1. The first kappa shape index (κ1) is 20.6. The van der Waals surface area contributed by atoms with Gasteiger partial charge in [0.2, 0.25) is 0 Å². The predicted octanol–water partition coefficient (Wildman–Crippen LogP) is 2.84. The SMILES string of the molecule is COC(=O)CCCC=CC[C@H]1CO[C@@H](C)O[C@H]1CNCc1ccccn1. The van der Waals surface area contributed by atoms with Crippen molar-refractivity contribution in [1.82, 2.24) is 10.3 Å². The second-order valence-electron chi connectivity index (χ2n) is 6.46. The van der Waals surface area contributed by atoms with Gasteiger partial charge in [0.05, 0.1) is 25.5 Å². The molecule has 1 aromatic rings. The summed E-state index contributed by atoms with van der Waals surface area (Å²) in [5.41, 5.74) is 1.02. The van der Waals surface area contributed by atoms with Crippen LogP contribution in [0.15, 0.2) is 36.5 Å². The van der Waals surface area contributed by atoms with E-state index >= 15 is 0 Å². The van der Waals surface area contributed by atoms with E-state index in [4.69, 9.17) is 9.47 Å². The van der Waals surface area contributed by atoms with Gasteiger partial charge in [-0.05, 0) is 38.3 Å². The summed E-state index contributed by atoms with van der Waals surface area (Å²) in [6.45, 7) is 4.13. The van der Waals surface area contributed by atoms with Gasteiger partial charge < -0.3 is 19.5 Å². The number of nitrogens with zero attached hydrogens (tertiary/aromatic N) is 1. The van der Waals surface area contributed by atoms with E-state index in [9.17, 15) is 4.79 Å². The summed E-state index contributed by atoms with van der Waals surface area (Å²) in [7, 11) is 1.42. The topological polar surface area (TPSA) is 69.7 Å². The number of hydrogen-bond acceptors (Lipinski definition) is 6. The second-order valence-corrected chi connectivity index (χ2v) is 6.46. The molecule has 0 unspecified atom stereocenters. The highest BCUT2D eigenvalue weighted by Crippen LogP contribution is 2.22. The van der Waals surface area contributed by atoms with Crippen LogP contribution >= 0.6 is 0 Å². The molecule has 1 N–H and O–H groups in total. The molecule has 6 nitrogen and oxygen atoms in total. The molecule has 2 rings (SSSR count). The first-order valence-corrected chi connectivity index (χ1v) is 9.28. The largest absolute Gasteiger partial charge is 0.469 e. The zero-order valence-electron chi connectivity index (χ0n) is 15.7. The van der Waals surface area contributed by atoms with Crippen LogP contribution in [0.3, 0.4) is 0 Å². The summed E-state index contributed by atoms with van der Waals surface area (Å²) < 4.78 is 16.3. The van der Waals surface area contributed by atoms with Crippen LogP contribution in [0.1, 0.15) is 38.3 Å². The van der Waals surface area contributed by atoms with E-state index in [-0.39, 0.29) is 18.4 Å². The van der Waals surface area contributed by atoms with Crippen LogP contribution in [-0.2, 0) is 25.5 Å². The number of pyridine rings is 1. The van der Waals surface area contributed by atoms with Crippen molar-refractivity contribution in [3.8, 4) is 0 Å². The van der Waals surface area contributed by atoms with Crippen LogP contribution in [0.4, 0.5) is 0 Å². The van der Waals surface area contributed by atoms with Crippen molar-refractivity contribution in [1.29, 1.82) is 0 Å². The van der Waals surface area contributed by atoms with E-state index in [0.29, 0.717) is 18.9 Å². The predicted molar refractivity (Wildman–Crippen MR) is 99.3 cm³/mol. The van der Waals surface area contributed by atoms with E-state index < -0.39 is 0 Å². The number of carbonyl (C=O) groups is 1. The van der Waals surface area contributed by atoms with Crippen molar-refractivity contribution in [3.05, 3.63) is 42.2 Å². The van der Waals surface area contributed by atoms with Gasteiger partial charge in [0.25, 0.3) is 0 Å². The van der Waals surface area contributed by atoms with Gasteiger partial charge in [-0.3, -0.25) is 9.78 Å². The molecule has 144 valence electrons. The lowest BCUT2D eigenvalue weighted by Gasteiger charge is -2.35. The number of unbranched alkanes of at least 4 members (excludes halogenated alkanes) is 1. The Hall–Kier alpha value is -1.76. The van der Waals surface area contributed by atoms with Gasteiger partial charge in [-0.25, -0.2) is 0 Å². The third kappa shape index (κ3) is 7.64. The molecule has 1 saturated heterocycles. The molecule has 0 aliphatic carbocycles. The van der Waals surface area contributed by atoms with E-state index in [0.717, 1.165) is 38.0 Å². The summed E-state index contributed by atoms with van der Waals surface area (Å²) in [5, 5.41) is 3.43. The van der Waals surface area contributed by atoms with Crippen LogP contribution in [-0.4, -0.2) is 43.6 Å². The van der Waals surface area contributed by atoms with Crippen LogP contribution < -0.4 is 5.32 Å². The minimum absolute atomic E-state index is 0.113. The van der Waals surface area contributed by atoms with Gasteiger partial charge in [-0.2, -0.15) is 0 Å². The number of hydrogen-bond donors (Lipinski definition) is 1. The molecule has 0 radical (unpaired) electrons. The lowest BCUT2D eigenvalue weighted by Crippen LogP contribution is -2.44. The summed E-state index contributed by atoms with van der Waals surface area (Å²) >= 11 is 0. The van der Waals surface area contributed by atoms with Crippen molar-refractivity contribution >= 4 is 5.97 Å². The number of allylic oxidation sites excluding steroid dienone is 2. The lowest BCUT2D eigenvalue weighted by molar-refractivity contribution is -0.225. The van der Waals surface area contributed by atoms with E-state index in [1.807, 2.05) is 25.1 Å². The molecule has 1 aliphatic heterocycles. The Morgan fingerprint density at radius 3 is 3.08 bits per heavy atom. The Balaban J connectivity index is 1.71. The maximum Gasteiger partial charge on any atom is 0.305 e. The van der Waals surface area contributed by atoms with Crippen molar-refractivity contribution in [2.24, 2.45) is 5.92 Å². The summed E-state index contributed by atoms with van der Waals surface area (Å²) in [6.07, 6.45) is 9.09. The molecular weight excluding hydrogens is 332 g/mol. The van der Waals surface area contributed by atoms with Crippen LogP contribution in [0.5, 0.6) is 0 Å². The summed E-state index contributed by atoms with van der Waals surface area (Å²) in [5.74, 6) is 0.166. The molecule has 1 aliphatic rings. The molecule has 3 atom stereocenters. The van der Waals surface area contributed by atoms with Gasteiger partial charge >= 0.3 is 5.97 Å². The average molecular weight is 362 g/mol. The Labute approximate surface area is 155 Å². The fourth-order valence-electron chi connectivity index (χ4n) is 2.90. The monoisotopic (exact) mass is 362 g/mol. The van der Waals surface area contributed by atoms with E-state index in [1.165, 1.54) is 7.11 Å². The van der Waals surface area contributed by atoms with Crippen molar-refractivity contribution < 1.29 is 19.0 Å². The molecule has 0 aromatic carbocycles. The number of ether oxygens (including phenoxy) is 3. The van der Waals surface area contributed by atoms with Gasteiger partial charge in [-0.1, -0.05) is 18.2 Å². The summed E-state index contributed by atoms with van der Waals surface area (Å²) in [6, 6.07) is 5.92. The number of rotatable bonds is 10. The Kier molecular flexibility index (Phi) is 9.31. The molecule has 0 saturated carbocycles. The molecular formula is C20H30N2O4. The quantitative estimate of drug-likeness (QED) is 0.392. The highest BCUT2D eigenvalue weighted by Gasteiger charge is 2.28. The minimum atomic E-state index is -0.170. The van der Waals surface area contributed by atoms with Crippen molar-refractivity contribution in [2.75, 3.05) is 20.3 Å². The van der Waals surface area contributed by atoms with E-state index in [1.54, 1.807) is 6.20 Å². The average Bonchev–Trinajstić information content (AvgIpc) is 2.66. The lowest BCUT2D eigenvalue weighted by atomic mass is 9.97. The first-order valence-electron chi connectivity index (χ1n) is 9.28. The molecule has 6 heteroatoms. The van der Waals surface area contributed by atoms with Gasteiger partial charge in [-0.15, -0.1) is 0 Å². The fourth-order valence-corrected chi connectivity index (χ4v) is 2.90. The number of nitrogens with one attached hydrogen (secondary N) is 1. The van der Waals surface area contributed by atoms with Crippen LogP contribution in [0.25, 0.3) is 0 Å². The van der Waals surface area contributed by atoms with Gasteiger partial charge in [0.15, 0.2) is 6.29 Å². The molecule has 1 fully saturated rings. The van der Waals surface area contributed by atoms with Crippen molar-refractivity contribution in [2.45, 2.75) is 51.5 Å². The first-order chi connectivity index (χ1) is 12.7. The highest BCUT2D eigenvalue weighted by atomic mass is 16.7.